The second-order valence-electron chi connectivity index (χ2n) is 3.94. The molecule has 0 spiro atoms. The molecule has 0 unspecified atom stereocenters. The molecule has 0 aliphatic carbocycles. The first kappa shape index (κ1) is 14.6. The molecule has 6 nitrogen and oxygen atoms in total. The monoisotopic (exact) mass is 271 g/mol. The van der Waals surface area contributed by atoms with Crippen LogP contribution in [0.1, 0.15) is 21.9 Å². The molecule has 0 aromatic carbocycles. The minimum Gasteiger partial charge on any atom is -0.465 e. The highest BCUT2D eigenvalue weighted by Crippen LogP contribution is 2.19. The van der Waals surface area contributed by atoms with Gasteiger partial charge in [-0.15, -0.1) is 11.8 Å². The summed E-state index contributed by atoms with van der Waals surface area (Å²) in [6, 6.07) is 1.64. The molecule has 2 amide bonds. The highest BCUT2D eigenvalue weighted by molar-refractivity contribution is 7.99. The number of amides is 2. The second kappa shape index (κ2) is 6.46. The number of nitrogens with zero attached hydrogens (tertiary/aromatic N) is 1. The zero-order chi connectivity index (χ0) is 13.7. The lowest BCUT2D eigenvalue weighted by molar-refractivity contribution is -0.125. The SMILES string of the molecule is Cc1oc(CSCC(=O)N(C)C)cc1C(=O)NN. The molecule has 0 saturated heterocycles. The van der Waals surface area contributed by atoms with Crippen LogP contribution >= 0.6 is 11.8 Å². The van der Waals surface area contributed by atoms with E-state index in [-0.39, 0.29) is 11.8 Å². The first-order valence-electron chi connectivity index (χ1n) is 5.34. The number of hydrogen-bond donors (Lipinski definition) is 2. The summed E-state index contributed by atoms with van der Waals surface area (Å²) in [5.41, 5.74) is 2.48. The Morgan fingerprint density at radius 1 is 1.50 bits per heavy atom. The van der Waals surface area contributed by atoms with Crippen LogP contribution in [-0.4, -0.2) is 36.6 Å². The topological polar surface area (TPSA) is 88.6 Å². The Morgan fingerprint density at radius 2 is 2.17 bits per heavy atom. The van der Waals surface area contributed by atoms with Crippen molar-refractivity contribution in [3.8, 4) is 0 Å². The molecule has 1 heterocycles. The second-order valence-corrected chi connectivity index (χ2v) is 4.92. The maximum absolute atomic E-state index is 11.4. The lowest BCUT2D eigenvalue weighted by Crippen LogP contribution is -2.30. The van der Waals surface area contributed by atoms with Crippen LogP contribution in [0.4, 0.5) is 0 Å². The fourth-order valence-corrected chi connectivity index (χ4v) is 2.16. The van der Waals surface area contributed by atoms with Crippen molar-refractivity contribution in [1.82, 2.24) is 10.3 Å². The average molecular weight is 271 g/mol. The molecule has 1 rings (SSSR count). The summed E-state index contributed by atoms with van der Waals surface area (Å²) >= 11 is 1.44. The van der Waals surface area contributed by atoms with Crippen molar-refractivity contribution >= 4 is 23.6 Å². The van der Waals surface area contributed by atoms with Crippen LogP contribution in [0.3, 0.4) is 0 Å². The molecule has 100 valence electrons. The summed E-state index contributed by atoms with van der Waals surface area (Å²) in [7, 11) is 3.42. The highest BCUT2D eigenvalue weighted by Gasteiger charge is 2.14. The number of thioether (sulfide) groups is 1. The average Bonchev–Trinajstić information content (AvgIpc) is 2.69. The molecule has 7 heteroatoms. The van der Waals surface area contributed by atoms with Crippen LogP contribution < -0.4 is 11.3 Å². The highest BCUT2D eigenvalue weighted by atomic mass is 32.2. The summed E-state index contributed by atoms with van der Waals surface area (Å²) in [6.07, 6.45) is 0. The van der Waals surface area contributed by atoms with Crippen LogP contribution in [0, 0.1) is 6.92 Å². The normalized spacial score (nSPS) is 10.2. The molecule has 3 N–H and O–H groups in total. The molecule has 0 bridgehead atoms. The molecule has 0 saturated carbocycles. The summed E-state index contributed by atoms with van der Waals surface area (Å²) in [4.78, 5) is 24.2. The number of aryl methyl sites for hydroxylation is 1. The number of carbonyl (C=O) groups excluding carboxylic acids is 2. The molecule has 0 aliphatic heterocycles. The van der Waals surface area contributed by atoms with E-state index in [2.05, 4.69) is 5.43 Å². The first-order valence-corrected chi connectivity index (χ1v) is 6.49. The van der Waals surface area contributed by atoms with E-state index in [1.165, 1.54) is 16.7 Å². The van der Waals surface area contributed by atoms with Crippen molar-refractivity contribution in [2.24, 2.45) is 5.84 Å². The third kappa shape index (κ3) is 3.78. The number of nitrogen functional groups attached to an aromatic ring is 1. The Hall–Kier alpha value is -1.47. The van der Waals surface area contributed by atoms with Crippen LogP contribution in [0.25, 0.3) is 0 Å². The largest absolute Gasteiger partial charge is 0.465 e. The van der Waals surface area contributed by atoms with Gasteiger partial charge in [-0.1, -0.05) is 0 Å². The van der Waals surface area contributed by atoms with E-state index < -0.39 is 0 Å². The molecule has 0 fully saturated rings. The molecular formula is C11H17N3O3S. The van der Waals surface area contributed by atoms with Crippen LogP contribution in [0.5, 0.6) is 0 Å². The van der Waals surface area contributed by atoms with E-state index in [0.29, 0.717) is 28.6 Å². The maximum atomic E-state index is 11.4. The van der Waals surface area contributed by atoms with Gasteiger partial charge in [-0.2, -0.15) is 0 Å². The van der Waals surface area contributed by atoms with Gasteiger partial charge in [-0.25, -0.2) is 5.84 Å². The Balaban J connectivity index is 2.54. The zero-order valence-electron chi connectivity index (χ0n) is 10.6. The maximum Gasteiger partial charge on any atom is 0.268 e. The quantitative estimate of drug-likeness (QED) is 0.463. The Morgan fingerprint density at radius 3 is 2.72 bits per heavy atom. The minimum absolute atomic E-state index is 0.0446. The number of nitrogens with two attached hydrogens (primary N) is 1. The van der Waals surface area contributed by atoms with Crippen LogP contribution in [0.15, 0.2) is 10.5 Å². The molecule has 1 aromatic heterocycles. The zero-order valence-corrected chi connectivity index (χ0v) is 11.5. The summed E-state index contributed by atoms with van der Waals surface area (Å²) in [6.45, 7) is 1.70. The third-order valence-electron chi connectivity index (χ3n) is 2.31. The number of nitrogens with one attached hydrogen (secondary N) is 1. The predicted molar refractivity (Wildman–Crippen MR) is 70.0 cm³/mol. The number of rotatable bonds is 5. The fraction of sp³-hybridized carbons (Fsp3) is 0.455. The Kier molecular flexibility index (Phi) is 5.24. The Labute approximate surface area is 110 Å². The molecular weight excluding hydrogens is 254 g/mol. The predicted octanol–water partition coefficient (Wildman–Crippen LogP) is 0.513. The fourth-order valence-electron chi connectivity index (χ4n) is 1.29. The summed E-state index contributed by atoms with van der Waals surface area (Å²) in [5.74, 6) is 6.82. The van der Waals surface area contributed by atoms with E-state index in [9.17, 15) is 9.59 Å². The standard InChI is InChI=1S/C11H17N3O3S/c1-7-9(11(16)13-12)4-8(17-7)5-18-6-10(15)14(2)3/h4H,5-6,12H2,1-3H3,(H,13,16). The van der Waals surface area contributed by atoms with Crippen LogP contribution in [0.2, 0.25) is 0 Å². The van der Waals surface area contributed by atoms with Crippen molar-refractivity contribution in [1.29, 1.82) is 0 Å². The van der Waals surface area contributed by atoms with Crippen molar-refractivity contribution < 1.29 is 14.0 Å². The summed E-state index contributed by atoms with van der Waals surface area (Å²) in [5, 5.41) is 0. The molecule has 0 radical (unpaired) electrons. The lowest BCUT2D eigenvalue weighted by atomic mass is 10.2. The van der Waals surface area contributed by atoms with Crippen molar-refractivity contribution in [3.63, 3.8) is 0 Å². The molecule has 1 aromatic rings. The van der Waals surface area contributed by atoms with E-state index >= 15 is 0 Å². The molecule has 0 atom stereocenters. The summed E-state index contributed by atoms with van der Waals surface area (Å²) < 4.78 is 5.42. The van der Waals surface area contributed by atoms with Gasteiger partial charge in [0.25, 0.3) is 5.91 Å². The van der Waals surface area contributed by atoms with Crippen molar-refractivity contribution in [3.05, 3.63) is 23.2 Å². The van der Waals surface area contributed by atoms with Gasteiger partial charge in [0, 0.05) is 14.1 Å². The van der Waals surface area contributed by atoms with Gasteiger partial charge in [0.1, 0.15) is 11.5 Å². The number of furan rings is 1. The van der Waals surface area contributed by atoms with Gasteiger partial charge in [0.15, 0.2) is 0 Å². The first-order chi connectivity index (χ1) is 8.45. The van der Waals surface area contributed by atoms with Gasteiger partial charge in [0.05, 0.1) is 17.1 Å². The van der Waals surface area contributed by atoms with E-state index in [4.69, 9.17) is 10.3 Å². The van der Waals surface area contributed by atoms with E-state index in [0.717, 1.165) is 0 Å². The van der Waals surface area contributed by atoms with E-state index in [1.54, 1.807) is 27.1 Å². The third-order valence-corrected chi connectivity index (χ3v) is 3.25. The van der Waals surface area contributed by atoms with Gasteiger partial charge in [0.2, 0.25) is 5.91 Å². The number of hydrazine groups is 1. The Bertz CT molecular complexity index is 443. The van der Waals surface area contributed by atoms with Crippen molar-refractivity contribution in [2.45, 2.75) is 12.7 Å². The van der Waals surface area contributed by atoms with Gasteiger partial charge >= 0.3 is 0 Å². The molecule has 0 aliphatic rings. The van der Waals surface area contributed by atoms with Crippen LogP contribution in [-0.2, 0) is 10.5 Å². The van der Waals surface area contributed by atoms with E-state index in [1.807, 2.05) is 0 Å². The van der Waals surface area contributed by atoms with Gasteiger partial charge in [-0.3, -0.25) is 15.0 Å². The smallest absolute Gasteiger partial charge is 0.268 e. The van der Waals surface area contributed by atoms with Gasteiger partial charge in [-0.05, 0) is 13.0 Å². The minimum atomic E-state index is -0.378. The van der Waals surface area contributed by atoms with Gasteiger partial charge < -0.3 is 9.32 Å². The van der Waals surface area contributed by atoms with Crippen molar-refractivity contribution in [2.75, 3.05) is 19.8 Å². The number of carbonyl (C=O) groups is 2. The molecule has 18 heavy (non-hydrogen) atoms. The number of hydrogen-bond acceptors (Lipinski definition) is 5. The lowest BCUT2D eigenvalue weighted by Gasteiger charge is -2.08.